The first-order valence-electron chi connectivity index (χ1n) is 9.10. The van der Waals surface area contributed by atoms with E-state index in [9.17, 15) is 13.2 Å². The summed E-state index contributed by atoms with van der Waals surface area (Å²) in [5.41, 5.74) is 0.803. The molecule has 0 unspecified atom stereocenters. The van der Waals surface area contributed by atoms with Gasteiger partial charge in [-0.25, -0.2) is 8.42 Å². The van der Waals surface area contributed by atoms with Crippen LogP contribution in [0.1, 0.15) is 0 Å². The Bertz CT molecular complexity index is 1100. The summed E-state index contributed by atoms with van der Waals surface area (Å²) in [5.74, 6) is 1.16. The predicted octanol–water partition coefficient (Wildman–Crippen LogP) is 3.89. The van der Waals surface area contributed by atoms with E-state index in [0.29, 0.717) is 28.6 Å². The Morgan fingerprint density at radius 1 is 0.900 bits per heavy atom. The van der Waals surface area contributed by atoms with Crippen LogP contribution >= 0.6 is 0 Å². The number of carbonyl (C=O) groups excluding carboxylic acids is 1. The Labute approximate surface area is 175 Å². The first-order chi connectivity index (χ1) is 14.4. The second-order valence-electron chi connectivity index (χ2n) is 6.43. The van der Waals surface area contributed by atoms with Crippen molar-refractivity contribution in [2.24, 2.45) is 0 Å². The van der Waals surface area contributed by atoms with E-state index < -0.39 is 15.9 Å². The number of ether oxygens (including phenoxy) is 2. The number of nitrogens with one attached hydrogen (secondary N) is 1. The van der Waals surface area contributed by atoms with Crippen molar-refractivity contribution >= 4 is 27.3 Å². The lowest BCUT2D eigenvalue weighted by Crippen LogP contribution is -2.37. The van der Waals surface area contributed by atoms with Crippen molar-refractivity contribution in [3.63, 3.8) is 0 Å². The van der Waals surface area contributed by atoms with E-state index in [2.05, 4.69) is 5.32 Å². The Kier molecular flexibility index (Phi) is 6.58. The zero-order valence-electron chi connectivity index (χ0n) is 16.6. The van der Waals surface area contributed by atoms with Gasteiger partial charge < -0.3 is 14.8 Å². The summed E-state index contributed by atoms with van der Waals surface area (Å²) >= 11 is 0. The zero-order valence-corrected chi connectivity index (χ0v) is 17.4. The second kappa shape index (κ2) is 9.32. The Hall–Kier alpha value is -3.52. The van der Waals surface area contributed by atoms with Crippen LogP contribution in [0.4, 0.5) is 11.4 Å². The number of rotatable bonds is 8. The molecule has 0 saturated heterocycles. The van der Waals surface area contributed by atoms with Crippen molar-refractivity contribution in [3.05, 3.63) is 78.9 Å². The quantitative estimate of drug-likeness (QED) is 0.591. The molecule has 0 atom stereocenters. The molecular formula is C22H22N2O5S. The van der Waals surface area contributed by atoms with Gasteiger partial charge in [0.1, 0.15) is 18.0 Å². The van der Waals surface area contributed by atoms with Crippen LogP contribution in [0, 0.1) is 0 Å². The van der Waals surface area contributed by atoms with Crippen molar-refractivity contribution < 1.29 is 22.7 Å². The molecule has 30 heavy (non-hydrogen) atoms. The average Bonchev–Trinajstić information content (AvgIpc) is 2.73. The molecule has 0 bridgehead atoms. The molecule has 0 heterocycles. The molecular weight excluding hydrogens is 404 g/mol. The molecule has 7 nitrogen and oxygen atoms in total. The standard InChI is InChI=1S/C22H22N2O5S/c1-28-18-14-12-17(13-15-18)24(30(2,26)27)16-22(25)23-20-10-6-7-11-21(20)29-19-8-4-3-5-9-19/h3-15H,16H2,1-2H3,(H,23,25). The van der Waals surface area contributed by atoms with Gasteiger partial charge in [-0.1, -0.05) is 30.3 Å². The number of nitrogens with zero attached hydrogens (tertiary/aromatic N) is 1. The summed E-state index contributed by atoms with van der Waals surface area (Å²) < 4.78 is 36.5. The number of sulfonamides is 1. The maximum Gasteiger partial charge on any atom is 0.245 e. The van der Waals surface area contributed by atoms with Crippen LogP contribution in [0.25, 0.3) is 0 Å². The Balaban J connectivity index is 1.77. The molecule has 3 aromatic carbocycles. The maximum absolute atomic E-state index is 12.7. The van der Waals surface area contributed by atoms with Gasteiger partial charge in [-0.2, -0.15) is 0 Å². The van der Waals surface area contributed by atoms with Crippen LogP contribution in [0.15, 0.2) is 78.9 Å². The van der Waals surface area contributed by atoms with Crippen LogP contribution in [-0.4, -0.2) is 34.2 Å². The summed E-state index contributed by atoms with van der Waals surface area (Å²) in [4.78, 5) is 12.7. The Morgan fingerprint density at radius 2 is 1.53 bits per heavy atom. The number of para-hydroxylation sites is 3. The first kappa shape index (κ1) is 21.2. The van der Waals surface area contributed by atoms with Crippen molar-refractivity contribution in [1.29, 1.82) is 0 Å². The number of benzene rings is 3. The molecule has 0 saturated carbocycles. The average molecular weight is 426 g/mol. The van der Waals surface area contributed by atoms with Gasteiger partial charge in [0.05, 0.1) is 24.7 Å². The molecule has 0 spiro atoms. The third-order valence-corrected chi connectivity index (χ3v) is 5.32. The van der Waals surface area contributed by atoms with Gasteiger partial charge in [-0.3, -0.25) is 9.10 Å². The van der Waals surface area contributed by atoms with Crippen molar-refractivity contribution in [1.82, 2.24) is 0 Å². The zero-order chi connectivity index (χ0) is 21.6. The lowest BCUT2D eigenvalue weighted by Gasteiger charge is -2.22. The molecule has 3 aromatic rings. The van der Waals surface area contributed by atoms with Gasteiger partial charge in [0, 0.05) is 0 Å². The summed E-state index contributed by atoms with van der Waals surface area (Å²) in [6.45, 7) is -0.384. The van der Waals surface area contributed by atoms with Gasteiger partial charge in [0.15, 0.2) is 5.75 Å². The summed E-state index contributed by atoms with van der Waals surface area (Å²) in [7, 11) is -2.16. The number of hydrogen-bond acceptors (Lipinski definition) is 5. The van der Waals surface area contributed by atoms with Crippen LogP contribution < -0.4 is 19.1 Å². The fraction of sp³-hybridized carbons (Fsp3) is 0.136. The highest BCUT2D eigenvalue weighted by Gasteiger charge is 2.21. The van der Waals surface area contributed by atoms with E-state index in [1.54, 1.807) is 60.7 Å². The first-order valence-corrected chi connectivity index (χ1v) is 11.0. The lowest BCUT2D eigenvalue weighted by molar-refractivity contribution is -0.114. The number of hydrogen-bond donors (Lipinski definition) is 1. The third kappa shape index (κ3) is 5.51. The molecule has 8 heteroatoms. The van der Waals surface area contributed by atoms with Crippen LogP contribution in [0.2, 0.25) is 0 Å². The molecule has 1 amide bonds. The topological polar surface area (TPSA) is 84.9 Å². The largest absolute Gasteiger partial charge is 0.497 e. The summed E-state index contributed by atoms with van der Waals surface area (Å²) in [5, 5.41) is 2.73. The van der Waals surface area contributed by atoms with Crippen molar-refractivity contribution in [2.45, 2.75) is 0 Å². The number of carbonyl (C=O) groups is 1. The minimum Gasteiger partial charge on any atom is -0.497 e. The lowest BCUT2D eigenvalue weighted by atomic mass is 10.2. The maximum atomic E-state index is 12.7. The molecule has 0 radical (unpaired) electrons. The summed E-state index contributed by atoms with van der Waals surface area (Å²) in [6, 6.07) is 22.5. The molecule has 3 rings (SSSR count). The highest BCUT2D eigenvalue weighted by Crippen LogP contribution is 2.29. The van der Waals surface area contributed by atoms with Gasteiger partial charge in [-0.05, 0) is 48.5 Å². The van der Waals surface area contributed by atoms with E-state index in [1.807, 2.05) is 18.2 Å². The molecule has 0 aliphatic carbocycles. The van der Waals surface area contributed by atoms with Gasteiger partial charge in [0.2, 0.25) is 15.9 Å². The van der Waals surface area contributed by atoms with Crippen LogP contribution in [-0.2, 0) is 14.8 Å². The molecule has 0 aromatic heterocycles. The molecule has 156 valence electrons. The van der Waals surface area contributed by atoms with E-state index in [1.165, 1.54) is 7.11 Å². The fourth-order valence-corrected chi connectivity index (χ4v) is 3.60. The van der Waals surface area contributed by atoms with Crippen molar-refractivity contribution in [3.8, 4) is 17.2 Å². The minimum atomic E-state index is -3.68. The van der Waals surface area contributed by atoms with E-state index >= 15 is 0 Å². The minimum absolute atomic E-state index is 0.363. The molecule has 0 fully saturated rings. The van der Waals surface area contributed by atoms with Gasteiger partial charge in [-0.15, -0.1) is 0 Å². The molecule has 1 N–H and O–H groups in total. The SMILES string of the molecule is COc1ccc(N(CC(=O)Nc2ccccc2Oc2ccccc2)S(C)(=O)=O)cc1. The smallest absolute Gasteiger partial charge is 0.245 e. The van der Waals surface area contributed by atoms with Gasteiger partial charge in [0.25, 0.3) is 0 Å². The fourth-order valence-electron chi connectivity index (χ4n) is 2.74. The number of amides is 1. The third-order valence-electron chi connectivity index (χ3n) is 4.18. The Morgan fingerprint density at radius 3 is 2.17 bits per heavy atom. The van der Waals surface area contributed by atoms with Crippen LogP contribution in [0.5, 0.6) is 17.2 Å². The van der Waals surface area contributed by atoms with Crippen LogP contribution in [0.3, 0.4) is 0 Å². The molecule has 0 aliphatic heterocycles. The highest BCUT2D eigenvalue weighted by atomic mass is 32.2. The molecule has 0 aliphatic rings. The summed E-state index contributed by atoms with van der Waals surface area (Å²) in [6.07, 6.45) is 1.05. The predicted molar refractivity (Wildman–Crippen MR) is 117 cm³/mol. The second-order valence-corrected chi connectivity index (χ2v) is 8.33. The number of anilines is 2. The van der Waals surface area contributed by atoms with Gasteiger partial charge >= 0.3 is 0 Å². The van der Waals surface area contributed by atoms with E-state index in [-0.39, 0.29) is 6.54 Å². The number of methoxy groups -OCH3 is 1. The van der Waals surface area contributed by atoms with Crippen molar-refractivity contribution in [2.75, 3.05) is 29.5 Å². The van der Waals surface area contributed by atoms with E-state index in [0.717, 1.165) is 10.6 Å². The normalized spacial score (nSPS) is 10.9. The van der Waals surface area contributed by atoms with E-state index in [4.69, 9.17) is 9.47 Å². The monoisotopic (exact) mass is 426 g/mol. The highest BCUT2D eigenvalue weighted by molar-refractivity contribution is 7.92.